The van der Waals surface area contributed by atoms with Crippen molar-refractivity contribution in [3.05, 3.63) is 60.7 Å². The molecule has 2 rings (SSSR count). The maximum absolute atomic E-state index is 10.3. The minimum Gasteiger partial charge on any atom is -0.807 e. The zero-order valence-electron chi connectivity index (χ0n) is 10.5. The molecule has 0 spiro atoms. The molecule has 0 saturated heterocycles. The van der Waals surface area contributed by atoms with E-state index in [1.54, 1.807) is 12.1 Å². The summed E-state index contributed by atoms with van der Waals surface area (Å²) in [5.74, 6) is 0. The number of hydrogen-bond donors (Lipinski definition) is 0. The summed E-state index contributed by atoms with van der Waals surface area (Å²) >= 11 is 0. The average Bonchev–Trinajstić information content (AvgIpc) is 2.40. The zero-order valence-corrected chi connectivity index (χ0v) is 14.3. The molecule has 0 aliphatic heterocycles. The van der Waals surface area contributed by atoms with Gasteiger partial charge in [-0.2, -0.15) is 0 Å². The van der Waals surface area contributed by atoms with Crippen LogP contribution in [0, 0.1) is 0 Å². The third kappa shape index (κ3) is 7.84. The van der Waals surface area contributed by atoms with E-state index in [1.165, 1.54) is 48.5 Å². The summed E-state index contributed by atoms with van der Waals surface area (Å²) < 4.78 is 20.6. The summed E-state index contributed by atoms with van der Waals surface area (Å²) in [5.41, 5.74) is 0. The van der Waals surface area contributed by atoms with E-state index >= 15 is 0 Å². The van der Waals surface area contributed by atoms with Gasteiger partial charge < -0.3 is 28.7 Å². The van der Waals surface area contributed by atoms with Crippen molar-refractivity contribution < 1.29 is 49.8 Å². The predicted octanol–water partition coefficient (Wildman–Crippen LogP) is -1.55. The minimum absolute atomic E-state index is 0. The Bertz CT molecular complexity index is 565. The monoisotopic (exact) mass is 410 g/mol. The second-order valence-corrected chi connectivity index (χ2v) is 6.69. The minimum atomic E-state index is -4.52. The van der Waals surface area contributed by atoms with Crippen LogP contribution in [0.25, 0.3) is 0 Å². The molecule has 0 atom stereocenters. The summed E-state index contributed by atoms with van der Waals surface area (Å²) in [7, 11) is -9.04. The van der Waals surface area contributed by atoms with Crippen molar-refractivity contribution in [2.45, 2.75) is 0 Å². The molecule has 0 fully saturated rings. The van der Waals surface area contributed by atoms with Gasteiger partial charge >= 0.3 is 21.1 Å². The molecule has 0 aliphatic carbocycles. The van der Waals surface area contributed by atoms with E-state index in [2.05, 4.69) is 0 Å². The summed E-state index contributed by atoms with van der Waals surface area (Å²) in [6.45, 7) is 0. The Hall–Kier alpha value is -0.572. The van der Waals surface area contributed by atoms with Gasteiger partial charge in [-0.1, -0.05) is 60.7 Å². The van der Waals surface area contributed by atoms with Crippen molar-refractivity contribution in [1.29, 1.82) is 0 Å². The smallest absolute Gasteiger partial charge is 0.807 e. The van der Waals surface area contributed by atoms with Gasteiger partial charge in [0, 0.05) is 0 Å². The first-order valence-corrected chi connectivity index (χ1v) is 8.45. The van der Waals surface area contributed by atoms with Crippen LogP contribution in [0.3, 0.4) is 0 Å². The topological polar surface area (TPSA) is 126 Å². The normalized spacial score (nSPS) is 10.9. The van der Waals surface area contributed by atoms with Gasteiger partial charge in [-0.3, -0.25) is 0 Å². The second kappa shape index (κ2) is 8.77. The molecule has 9 heteroatoms. The molecule has 0 unspecified atom stereocenters. The van der Waals surface area contributed by atoms with Crippen LogP contribution >= 0.6 is 15.2 Å². The van der Waals surface area contributed by atoms with Gasteiger partial charge in [-0.15, -0.1) is 0 Å². The van der Waals surface area contributed by atoms with E-state index in [-0.39, 0.29) is 31.7 Å². The van der Waals surface area contributed by atoms with Crippen LogP contribution < -0.4 is 30.2 Å². The Morgan fingerprint density at radius 2 is 0.810 bits per heavy atom. The first-order chi connectivity index (χ1) is 9.21. The summed E-state index contributed by atoms with van der Waals surface area (Å²) in [6, 6.07) is 14.5. The van der Waals surface area contributed by atoms with Crippen LogP contribution in [0.15, 0.2) is 60.7 Å². The summed E-state index contributed by atoms with van der Waals surface area (Å²) in [6.07, 6.45) is 0. The SMILES string of the molecule is O=P([O-])([O-])c1ccccc1.O=P([O-])([O-])c1ccccc1.[Mo+4]. The molecular weight excluding hydrogens is 398 g/mol. The van der Waals surface area contributed by atoms with Crippen molar-refractivity contribution in [3.63, 3.8) is 0 Å². The quantitative estimate of drug-likeness (QED) is 0.438. The second-order valence-electron chi connectivity index (χ2n) is 3.67. The van der Waals surface area contributed by atoms with E-state index in [1.807, 2.05) is 0 Å². The molecule has 0 aliphatic rings. The molecule has 0 N–H and O–H groups in total. The van der Waals surface area contributed by atoms with Crippen molar-refractivity contribution >= 4 is 25.8 Å². The molecule has 0 saturated carbocycles. The van der Waals surface area contributed by atoms with Gasteiger partial charge in [0.1, 0.15) is 0 Å². The van der Waals surface area contributed by atoms with Crippen LogP contribution in [0.4, 0.5) is 0 Å². The number of rotatable bonds is 2. The van der Waals surface area contributed by atoms with Crippen LogP contribution in [0.5, 0.6) is 0 Å². The Kier molecular flexibility index (Phi) is 8.53. The van der Waals surface area contributed by atoms with Gasteiger partial charge in [-0.05, 0) is 25.8 Å². The zero-order chi connectivity index (χ0) is 15.2. The van der Waals surface area contributed by atoms with E-state index in [0.717, 1.165) is 0 Å². The third-order valence-electron chi connectivity index (χ3n) is 2.14. The molecule has 0 amide bonds. The first-order valence-electron chi connectivity index (χ1n) is 5.36. The molecule has 110 valence electrons. The van der Waals surface area contributed by atoms with Gasteiger partial charge in [0.2, 0.25) is 0 Å². The van der Waals surface area contributed by atoms with E-state index < -0.39 is 15.2 Å². The molecule has 0 bridgehead atoms. The van der Waals surface area contributed by atoms with Gasteiger partial charge in [0.15, 0.2) is 0 Å². The molecule has 0 heterocycles. The fourth-order valence-corrected chi connectivity index (χ4v) is 2.30. The maximum Gasteiger partial charge on any atom is 4.00 e. The Morgan fingerprint density at radius 1 is 0.571 bits per heavy atom. The van der Waals surface area contributed by atoms with Crippen LogP contribution in [0.1, 0.15) is 0 Å². The van der Waals surface area contributed by atoms with E-state index in [0.29, 0.717) is 0 Å². The third-order valence-corrected chi connectivity index (χ3v) is 4.01. The Balaban J connectivity index is 0.000000364. The van der Waals surface area contributed by atoms with Crippen molar-refractivity contribution in [3.8, 4) is 0 Å². The maximum atomic E-state index is 10.3. The van der Waals surface area contributed by atoms with Crippen molar-refractivity contribution in [2.75, 3.05) is 0 Å². The Labute approximate surface area is 136 Å². The van der Waals surface area contributed by atoms with Crippen LogP contribution in [0.2, 0.25) is 0 Å². The standard InChI is InChI=1S/2C6H7O3P.Mo/c2*7-10(8,9)6-4-2-1-3-5-6;/h2*1-5H,(H2,7,8,9);/q;;+4/p-4. The molecule has 2 aromatic rings. The molecule has 6 nitrogen and oxygen atoms in total. The predicted molar refractivity (Wildman–Crippen MR) is 67.4 cm³/mol. The number of benzene rings is 2. The molecule has 21 heavy (non-hydrogen) atoms. The van der Waals surface area contributed by atoms with E-state index in [4.69, 9.17) is 0 Å². The molecule has 0 aromatic heterocycles. The van der Waals surface area contributed by atoms with E-state index in [9.17, 15) is 28.7 Å². The molecule has 2 aromatic carbocycles. The van der Waals surface area contributed by atoms with Crippen molar-refractivity contribution in [2.24, 2.45) is 0 Å². The van der Waals surface area contributed by atoms with Crippen molar-refractivity contribution in [1.82, 2.24) is 0 Å². The summed E-state index contributed by atoms with van der Waals surface area (Å²) in [5, 5.41) is -0.315. The Morgan fingerprint density at radius 3 is 0.952 bits per heavy atom. The molecular formula is C12H10MoO6P2. The fraction of sp³-hybridized carbons (Fsp3) is 0. The van der Waals surface area contributed by atoms with Gasteiger partial charge in [0.05, 0.1) is 0 Å². The largest absolute Gasteiger partial charge is 4.00 e. The van der Waals surface area contributed by atoms with Gasteiger partial charge in [-0.25, -0.2) is 0 Å². The van der Waals surface area contributed by atoms with Crippen LogP contribution in [-0.4, -0.2) is 0 Å². The fourth-order valence-electron chi connectivity index (χ4n) is 1.22. The van der Waals surface area contributed by atoms with Crippen LogP contribution in [-0.2, 0) is 30.2 Å². The number of hydrogen-bond acceptors (Lipinski definition) is 6. The molecule has 0 radical (unpaired) electrons. The summed E-state index contributed by atoms with van der Waals surface area (Å²) in [4.78, 5) is 41.2. The first kappa shape index (κ1) is 20.4. The average molecular weight is 408 g/mol. The van der Waals surface area contributed by atoms with Gasteiger partial charge in [0.25, 0.3) is 0 Å².